The zero-order chi connectivity index (χ0) is 15.9. The average molecular weight is 313 g/mol. The van der Waals surface area contributed by atoms with Crippen LogP contribution in [0.2, 0.25) is 0 Å². The molecule has 5 nitrogen and oxygen atoms in total. The van der Waals surface area contributed by atoms with E-state index in [0.717, 1.165) is 31.7 Å². The molecule has 0 radical (unpaired) electrons. The number of hydrogen-bond acceptors (Lipinski definition) is 5. The maximum absolute atomic E-state index is 5.77. The zero-order valence-corrected chi connectivity index (χ0v) is 13.5. The third-order valence-corrected chi connectivity index (χ3v) is 3.97. The lowest BCUT2D eigenvalue weighted by atomic mass is 10.0. The van der Waals surface area contributed by atoms with Crippen molar-refractivity contribution in [2.75, 3.05) is 31.7 Å². The second kappa shape index (κ2) is 7.92. The summed E-state index contributed by atoms with van der Waals surface area (Å²) in [6.45, 7) is 3.13. The number of rotatable bonds is 6. The fourth-order valence-electron chi connectivity index (χ4n) is 2.75. The molecular formula is C18H23N3O2. The fraction of sp³-hybridized carbons (Fsp3) is 0.444. The molecule has 1 aromatic heterocycles. The summed E-state index contributed by atoms with van der Waals surface area (Å²) in [4.78, 5) is 10.9. The molecule has 122 valence electrons. The minimum absolute atomic E-state index is 0.511. The third-order valence-electron chi connectivity index (χ3n) is 3.97. The van der Waals surface area contributed by atoms with Gasteiger partial charge in [0.25, 0.3) is 0 Å². The molecule has 5 heteroatoms. The number of anilines is 1. The van der Waals surface area contributed by atoms with Crippen LogP contribution in [0, 0.1) is 5.92 Å². The van der Waals surface area contributed by atoms with Gasteiger partial charge < -0.3 is 14.4 Å². The number of hydrogen-bond donors (Lipinski definition) is 0. The normalized spacial score (nSPS) is 17.7. The molecule has 0 aliphatic carbocycles. The highest BCUT2D eigenvalue weighted by molar-refractivity contribution is 5.31. The highest BCUT2D eigenvalue weighted by Gasteiger charge is 2.17. The first kappa shape index (κ1) is 15.7. The largest absolute Gasteiger partial charge is 0.473 e. The first-order chi connectivity index (χ1) is 11.3. The summed E-state index contributed by atoms with van der Waals surface area (Å²) >= 11 is 0. The van der Waals surface area contributed by atoms with Gasteiger partial charge in [-0.2, -0.15) is 4.98 Å². The van der Waals surface area contributed by atoms with E-state index in [2.05, 4.69) is 14.9 Å². The van der Waals surface area contributed by atoms with Gasteiger partial charge in [0.2, 0.25) is 11.8 Å². The smallest absolute Gasteiger partial charge is 0.228 e. The molecule has 1 atom stereocenters. The zero-order valence-electron chi connectivity index (χ0n) is 13.5. The van der Waals surface area contributed by atoms with E-state index in [1.807, 2.05) is 37.4 Å². The van der Waals surface area contributed by atoms with Gasteiger partial charge in [-0.3, -0.25) is 0 Å². The van der Waals surface area contributed by atoms with Gasteiger partial charge in [-0.25, -0.2) is 4.98 Å². The minimum atomic E-state index is 0.511. The molecule has 1 fully saturated rings. The van der Waals surface area contributed by atoms with Crippen molar-refractivity contribution in [2.24, 2.45) is 5.92 Å². The number of nitrogens with zero attached hydrogens (tertiary/aromatic N) is 3. The van der Waals surface area contributed by atoms with Crippen LogP contribution in [0.3, 0.4) is 0 Å². The monoisotopic (exact) mass is 313 g/mol. The molecule has 0 unspecified atom stereocenters. The Labute approximate surface area is 137 Å². The number of aromatic nitrogens is 2. The average Bonchev–Trinajstić information content (AvgIpc) is 2.62. The molecule has 2 aromatic rings. The Bertz CT molecular complexity index is 600. The molecule has 23 heavy (non-hydrogen) atoms. The predicted molar refractivity (Wildman–Crippen MR) is 89.6 cm³/mol. The van der Waals surface area contributed by atoms with E-state index in [1.165, 1.54) is 6.42 Å². The lowest BCUT2D eigenvalue weighted by molar-refractivity contribution is 0.0575. The summed E-state index contributed by atoms with van der Waals surface area (Å²) in [5, 5.41) is 0. The van der Waals surface area contributed by atoms with Crippen molar-refractivity contribution in [1.82, 2.24) is 9.97 Å². The Morgan fingerprint density at radius 1 is 1.26 bits per heavy atom. The molecule has 0 saturated carbocycles. The van der Waals surface area contributed by atoms with Crippen molar-refractivity contribution in [3.63, 3.8) is 0 Å². The highest BCUT2D eigenvalue weighted by atomic mass is 16.5. The standard InChI is InChI=1S/C18H23N3O2/c1-21(12-16-8-5-11-22-13-16)18-19-10-9-17(20-18)23-14-15-6-3-2-4-7-15/h2-4,6-7,9-10,16H,5,8,11-14H2,1H3/t16-/m0/s1. The van der Waals surface area contributed by atoms with Gasteiger partial charge >= 0.3 is 0 Å². The molecule has 1 saturated heterocycles. The number of benzene rings is 1. The highest BCUT2D eigenvalue weighted by Crippen LogP contribution is 2.18. The molecule has 0 N–H and O–H groups in total. The van der Waals surface area contributed by atoms with E-state index in [-0.39, 0.29) is 0 Å². The predicted octanol–water partition coefficient (Wildman–Crippen LogP) is 2.92. The van der Waals surface area contributed by atoms with Crippen molar-refractivity contribution < 1.29 is 9.47 Å². The first-order valence-electron chi connectivity index (χ1n) is 8.10. The van der Waals surface area contributed by atoms with Crippen LogP contribution in [0.25, 0.3) is 0 Å². The van der Waals surface area contributed by atoms with E-state index in [4.69, 9.17) is 9.47 Å². The van der Waals surface area contributed by atoms with Crippen LogP contribution in [0.5, 0.6) is 5.88 Å². The summed E-state index contributed by atoms with van der Waals surface area (Å²) < 4.78 is 11.3. The summed E-state index contributed by atoms with van der Waals surface area (Å²) in [7, 11) is 2.02. The Balaban J connectivity index is 1.57. The molecule has 1 aromatic carbocycles. The SMILES string of the molecule is CN(C[C@@H]1CCCOC1)c1nccc(OCc2ccccc2)n1. The summed E-state index contributed by atoms with van der Waals surface area (Å²) in [6, 6.07) is 11.9. The van der Waals surface area contributed by atoms with Gasteiger partial charge in [-0.05, 0) is 24.3 Å². The van der Waals surface area contributed by atoms with Crippen LogP contribution in [0.1, 0.15) is 18.4 Å². The van der Waals surface area contributed by atoms with Crippen molar-refractivity contribution >= 4 is 5.95 Å². The van der Waals surface area contributed by atoms with Crippen LogP contribution in [0.4, 0.5) is 5.95 Å². The van der Waals surface area contributed by atoms with Gasteiger partial charge in [0.15, 0.2) is 0 Å². The third kappa shape index (κ3) is 4.66. The van der Waals surface area contributed by atoms with E-state index in [9.17, 15) is 0 Å². The maximum atomic E-state index is 5.77. The summed E-state index contributed by atoms with van der Waals surface area (Å²) in [5.74, 6) is 1.85. The summed E-state index contributed by atoms with van der Waals surface area (Å²) in [5.41, 5.74) is 1.13. The Kier molecular flexibility index (Phi) is 5.42. The lowest BCUT2D eigenvalue weighted by Gasteiger charge is -2.27. The second-order valence-corrected chi connectivity index (χ2v) is 5.93. The number of ether oxygens (including phenoxy) is 2. The first-order valence-corrected chi connectivity index (χ1v) is 8.10. The topological polar surface area (TPSA) is 47.5 Å². The van der Waals surface area contributed by atoms with Crippen LogP contribution < -0.4 is 9.64 Å². The van der Waals surface area contributed by atoms with Gasteiger partial charge in [-0.1, -0.05) is 30.3 Å². The fourth-order valence-corrected chi connectivity index (χ4v) is 2.75. The van der Waals surface area contributed by atoms with Gasteiger partial charge in [-0.15, -0.1) is 0 Å². The molecule has 2 heterocycles. The van der Waals surface area contributed by atoms with E-state index in [0.29, 0.717) is 24.4 Å². The molecule has 1 aliphatic heterocycles. The lowest BCUT2D eigenvalue weighted by Crippen LogP contribution is -2.31. The van der Waals surface area contributed by atoms with Crippen molar-refractivity contribution in [3.05, 3.63) is 48.2 Å². The quantitative estimate of drug-likeness (QED) is 0.820. The van der Waals surface area contributed by atoms with E-state index in [1.54, 1.807) is 12.3 Å². The van der Waals surface area contributed by atoms with Gasteiger partial charge in [0.1, 0.15) is 6.61 Å². The van der Waals surface area contributed by atoms with Gasteiger partial charge in [0, 0.05) is 32.5 Å². The van der Waals surface area contributed by atoms with Crippen LogP contribution in [-0.2, 0) is 11.3 Å². The van der Waals surface area contributed by atoms with E-state index < -0.39 is 0 Å². The van der Waals surface area contributed by atoms with Crippen LogP contribution in [0.15, 0.2) is 42.6 Å². The maximum Gasteiger partial charge on any atom is 0.228 e. The van der Waals surface area contributed by atoms with Crippen LogP contribution in [-0.4, -0.2) is 36.8 Å². The molecule has 0 spiro atoms. The Hall–Kier alpha value is -2.14. The van der Waals surface area contributed by atoms with Crippen molar-refractivity contribution in [2.45, 2.75) is 19.4 Å². The van der Waals surface area contributed by atoms with Crippen LogP contribution >= 0.6 is 0 Å². The Morgan fingerprint density at radius 3 is 2.91 bits per heavy atom. The molecular weight excluding hydrogens is 290 g/mol. The van der Waals surface area contributed by atoms with Gasteiger partial charge in [0.05, 0.1) is 6.61 Å². The molecule has 3 rings (SSSR count). The summed E-state index contributed by atoms with van der Waals surface area (Å²) in [6.07, 6.45) is 4.09. The molecule has 1 aliphatic rings. The van der Waals surface area contributed by atoms with Crippen molar-refractivity contribution in [1.29, 1.82) is 0 Å². The van der Waals surface area contributed by atoms with E-state index >= 15 is 0 Å². The second-order valence-electron chi connectivity index (χ2n) is 5.93. The molecule has 0 amide bonds. The van der Waals surface area contributed by atoms with Crippen molar-refractivity contribution in [3.8, 4) is 5.88 Å². The molecule has 0 bridgehead atoms. The minimum Gasteiger partial charge on any atom is -0.473 e. The Morgan fingerprint density at radius 2 is 2.13 bits per heavy atom.